The summed E-state index contributed by atoms with van der Waals surface area (Å²) in [6.07, 6.45) is 0.202. The van der Waals surface area contributed by atoms with E-state index in [1.807, 2.05) is 48.0 Å². The van der Waals surface area contributed by atoms with Gasteiger partial charge in [0.2, 0.25) is 0 Å². The fraction of sp³-hybridized carbons (Fsp3) is 0.143. The molecule has 0 aliphatic carbocycles. The number of hydrogen-bond donors (Lipinski definition) is 1. The van der Waals surface area contributed by atoms with Crippen LogP contribution in [-0.4, -0.2) is 11.8 Å². The van der Waals surface area contributed by atoms with Gasteiger partial charge in [-0.05, 0) is 34.9 Å². The van der Waals surface area contributed by atoms with Crippen LogP contribution in [0, 0.1) is 6.92 Å². The third-order valence-corrected chi connectivity index (χ3v) is 3.33. The van der Waals surface area contributed by atoms with Crippen molar-refractivity contribution >= 4 is 23.1 Å². The Hall–Kier alpha value is -2.14. The van der Waals surface area contributed by atoms with Gasteiger partial charge < -0.3 is 10.6 Å². The second kappa shape index (κ2) is 6.15. The number of rotatable bonds is 4. The summed E-state index contributed by atoms with van der Waals surface area (Å²) >= 11 is 1.54. The van der Waals surface area contributed by atoms with E-state index in [1.54, 1.807) is 0 Å². The monoisotopic (exact) mass is 274 g/mol. The first-order chi connectivity index (χ1) is 9.16. The van der Waals surface area contributed by atoms with Crippen LogP contribution < -0.4 is 5.73 Å². The Morgan fingerprint density at radius 3 is 2.84 bits per heavy atom. The molecule has 1 aromatic heterocycles. The number of amidine groups is 1. The van der Waals surface area contributed by atoms with Crippen molar-refractivity contribution in [1.29, 1.82) is 0 Å². The van der Waals surface area contributed by atoms with Gasteiger partial charge in [0.15, 0.2) is 5.84 Å². The standard InChI is InChI=1S/C14H14N2O2S/c1-10-4-2-3-5-12(10)14(15)16-18-13(17)8-11-6-7-19-9-11/h2-7,9H,8H2,1H3,(H2,15,16). The molecule has 0 bridgehead atoms. The molecule has 19 heavy (non-hydrogen) atoms. The van der Waals surface area contributed by atoms with E-state index in [2.05, 4.69) is 5.16 Å². The van der Waals surface area contributed by atoms with Gasteiger partial charge in [0, 0.05) is 5.56 Å². The normalized spacial score (nSPS) is 11.3. The van der Waals surface area contributed by atoms with Crippen molar-refractivity contribution in [3.05, 3.63) is 57.8 Å². The number of nitrogens with zero attached hydrogens (tertiary/aromatic N) is 1. The zero-order chi connectivity index (χ0) is 13.7. The second-order valence-corrected chi connectivity index (χ2v) is 4.84. The average molecular weight is 274 g/mol. The minimum Gasteiger partial charge on any atom is -0.380 e. The Labute approximate surface area is 115 Å². The maximum absolute atomic E-state index is 11.6. The zero-order valence-corrected chi connectivity index (χ0v) is 11.3. The molecular formula is C14H14N2O2S. The summed E-state index contributed by atoms with van der Waals surface area (Å²) in [5.41, 5.74) is 8.46. The van der Waals surface area contributed by atoms with Crippen molar-refractivity contribution in [3.63, 3.8) is 0 Å². The molecule has 2 N–H and O–H groups in total. The molecule has 0 aliphatic rings. The summed E-state index contributed by atoms with van der Waals surface area (Å²) in [6, 6.07) is 9.40. The molecular weight excluding hydrogens is 260 g/mol. The summed E-state index contributed by atoms with van der Waals surface area (Å²) in [5, 5.41) is 7.49. The van der Waals surface area contributed by atoms with Gasteiger partial charge in [-0.3, -0.25) is 0 Å². The van der Waals surface area contributed by atoms with E-state index in [-0.39, 0.29) is 12.3 Å². The molecule has 1 heterocycles. The summed E-state index contributed by atoms with van der Waals surface area (Å²) in [7, 11) is 0. The predicted octanol–water partition coefficient (Wildman–Crippen LogP) is 2.46. The summed E-state index contributed by atoms with van der Waals surface area (Å²) in [6.45, 7) is 1.92. The lowest BCUT2D eigenvalue weighted by Gasteiger charge is -2.03. The number of hydrogen-bond acceptors (Lipinski definition) is 4. The second-order valence-electron chi connectivity index (χ2n) is 4.06. The Morgan fingerprint density at radius 1 is 1.37 bits per heavy atom. The lowest BCUT2D eigenvalue weighted by Crippen LogP contribution is -2.16. The molecule has 0 radical (unpaired) electrons. The highest BCUT2D eigenvalue weighted by Crippen LogP contribution is 2.08. The number of benzene rings is 1. The van der Waals surface area contributed by atoms with Crippen molar-refractivity contribution in [2.75, 3.05) is 0 Å². The first-order valence-corrected chi connectivity index (χ1v) is 6.71. The van der Waals surface area contributed by atoms with Crippen LogP contribution in [0.4, 0.5) is 0 Å². The predicted molar refractivity (Wildman–Crippen MR) is 76.0 cm³/mol. The van der Waals surface area contributed by atoms with Crippen molar-refractivity contribution in [2.45, 2.75) is 13.3 Å². The number of oxime groups is 1. The first kappa shape index (κ1) is 13.3. The highest BCUT2D eigenvalue weighted by molar-refractivity contribution is 7.07. The molecule has 0 amide bonds. The Kier molecular flexibility index (Phi) is 4.30. The molecule has 0 unspecified atom stereocenters. The van der Waals surface area contributed by atoms with Crippen molar-refractivity contribution in [2.24, 2.45) is 10.9 Å². The molecule has 0 saturated heterocycles. The van der Waals surface area contributed by atoms with Crippen molar-refractivity contribution < 1.29 is 9.63 Å². The maximum atomic E-state index is 11.6. The highest BCUT2D eigenvalue weighted by Gasteiger charge is 2.07. The van der Waals surface area contributed by atoms with Crippen LogP contribution in [0.2, 0.25) is 0 Å². The highest BCUT2D eigenvalue weighted by atomic mass is 32.1. The molecule has 0 aliphatic heterocycles. The molecule has 98 valence electrons. The Balaban J connectivity index is 1.98. The van der Waals surface area contributed by atoms with Crippen molar-refractivity contribution in [3.8, 4) is 0 Å². The number of carbonyl (C=O) groups excluding carboxylic acids is 1. The van der Waals surface area contributed by atoms with Gasteiger partial charge in [0.1, 0.15) is 0 Å². The van der Waals surface area contributed by atoms with Crippen LogP contribution in [0.1, 0.15) is 16.7 Å². The molecule has 1 aromatic carbocycles. The molecule has 0 saturated carbocycles. The molecule has 2 rings (SSSR count). The summed E-state index contributed by atoms with van der Waals surface area (Å²) in [4.78, 5) is 16.4. The summed E-state index contributed by atoms with van der Waals surface area (Å²) in [5.74, 6) is -0.216. The van der Waals surface area contributed by atoms with Crippen molar-refractivity contribution in [1.82, 2.24) is 0 Å². The van der Waals surface area contributed by atoms with E-state index in [0.29, 0.717) is 0 Å². The molecule has 0 atom stereocenters. The van der Waals surface area contributed by atoms with Crippen LogP contribution in [0.15, 0.2) is 46.2 Å². The Bertz CT molecular complexity index is 591. The smallest absolute Gasteiger partial charge is 0.339 e. The number of nitrogens with two attached hydrogens (primary N) is 1. The van der Waals surface area contributed by atoms with Gasteiger partial charge in [0.25, 0.3) is 0 Å². The molecule has 4 nitrogen and oxygen atoms in total. The average Bonchev–Trinajstić information content (AvgIpc) is 2.89. The SMILES string of the molecule is Cc1ccccc1/C(N)=N/OC(=O)Cc1ccsc1. The van der Waals surface area contributed by atoms with Gasteiger partial charge in [-0.25, -0.2) is 4.79 Å². The number of thiophene rings is 1. The van der Waals surface area contributed by atoms with Crippen LogP contribution in [0.25, 0.3) is 0 Å². The lowest BCUT2D eigenvalue weighted by molar-refractivity contribution is -0.142. The van der Waals surface area contributed by atoms with Gasteiger partial charge in [-0.1, -0.05) is 29.4 Å². The quantitative estimate of drug-likeness (QED) is 0.403. The van der Waals surface area contributed by atoms with E-state index in [9.17, 15) is 4.79 Å². The Morgan fingerprint density at radius 2 is 2.16 bits per heavy atom. The fourth-order valence-corrected chi connectivity index (χ4v) is 2.27. The maximum Gasteiger partial charge on any atom is 0.339 e. The molecule has 0 spiro atoms. The molecule has 0 fully saturated rings. The minimum atomic E-state index is -0.421. The van der Waals surface area contributed by atoms with Gasteiger partial charge in [-0.15, -0.1) is 0 Å². The molecule has 5 heteroatoms. The van der Waals surface area contributed by atoms with Crippen LogP contribution >= 0.6 is 11.3 Å². The lowest BCUT2D eigenvalue weighted by atomic mass is 10.1. The van der Waals surface area contributed by atoms with E-state index in [1.165, 1.54) is 11.3 Å². The number of aryl methyl sites for hydroxylation is 1. The minimum absolute atomic E-state index is 0.202. The molecule has 2 aromatic rings. The third-order valence-electron chi connectivity index (χ3n) is 2.60. The fourth-order valence-electron chi connectivity index (χ4n) is 1.60. The van der Waals surface area contributed by atoms with Gasteiger partial charge in [0.05, 0.1) is 6.42 Å². The first-order valence-electron chi connectivity index (χ1n) is 5.77. The zero-order valence-electron chi connectivity index (χ0n) is 10.5. The third kappa shape index (κ3) is 3.66. The van der Waals surface area contributed by atoms with Crippen LogP contribution in [0.5, 0.6) is 0 Å². The van der Waals surface area contributed by atoms with Crippen LogP contribution in [-0.2, 0) is 16.1 Å². The van der Waals surface area contributed by atoms with E-state index in [4.69, 9.17) is 10.6 Å². The summed E-state index contributed by atoms with van der Waals surface area (Å²) < 4.78 is 0. The van der Waals surface area contributed by atoms with Crippen LogP contribution in [0.3, 0.4) is 0 Å². The largest absolute Gasteiger partial charge is 0.380 e. The van der Waals surface area contributed by atoms with E-state index in [0.717, 1.165) is 16.7 Å². The number of carbonyl (C=O) groups is 1. The van der Waals surface area contributed by atoms with E-state index >= 15 is 0 Å². The van der Waals surface area contributed by atoms with Gasteiger partial charge >= 0.3 is 5.97 Å². The van der Waals surface area contributed by atoms with Gasteiger partial charge in [-0.2, -0.15) is 11.3 Å². The van der Waals surface area contributed by atoms with E-state index < -0.39 is 5.97 Å². The topological polar surface area (TPSA) is 64.7 Å².